The summed E-state index contributed by atoms with van der Waals surface area (Å²) in [6.45, 7) is 3.23. The zero-order valence-corrected chi connectivity index (χ0v) is 15.9. The normalized spacial score (nSPS) is 16.3. The Morgan fingerprint density at radius 1 is 1.00 bits per heavy atom. The molecule has 1 aliphatic carbocycles. The van der Waals surface area contributed by atoms with E-state index in [-0.39, 0.29) is 11.9 Å². The smallest absolute Gasteiger partial charge is 0.220 e. The van der Waals surface area contributed by atoms with Crippen molar-refractivity contribution >= 4 is 5.91 Å². The van der Waals surface area contributed by atoms with E-state index in [1.807, 2.05) is 18.2 Å². The van der Waals surface area contributed by atoms with Crippen molar-refractivity contribution in [3.8, 4) is 11.5 Å². The highest BCUT2D eigenvalue weighted by atomic mass is 16.6. The quantitative estimate of drug-likeness (QED) is 0.866. The van der Waals surface area contributed by atoms with Gasteiger partial charge in [0.15, 0.2) is 11.5 Å². The van der Waals surface area contributed by atoms with Gasteiger partial charge in [-0.3, -0.25) is 4.79 Å². The van der Waals surface area contributed by atoms with Crippen LogP contribution >= 0.6 is 0 Å². The number of amides is 1. The third-order valence-electron chi connectivity index (χ3n) is 5.50. The van der Waals surface area contributed by atoms with E-state index >= 15 is 0 Å². The highest BCUT2D eigenvalue weighted by molar-refractivity contribution is 5.76. The minimum Gasteiger partial charge on any atom is -0.486 e. The number of nitrogens with one attached hydrogen (secondary N) is 1. The Balaban J connectivity index is 1.32. The Morgan fingerprint density at radius 2 is 1.78 bits per heavy atom. The first-order valence-electron chi connectivity index (χ1n) is 9.98. The fraction of sp³-hybridized carbons (Fsp3) is 0.435. The molecule has 0 bridgehead atoms. The predicted molar refractivity (Wildman–Crippen MR) is 105 cm³/mol. The molecule has 1 N–H and O–H groups in total. The molecule has 2 aliphatic rings. The molecule has 0 fully saturated rings. The van der Waals surface area contributed by atoms with Gasteiger partial charge in [0.2, 0.25) is 5.91 Å². The molecule has 0 spiro atoms. The second-order valence-electron chi connectivity index (χ2n) is 7.50. The lowest BCUT2D eigenvalue weighted by Gasteiger charge is -2.20. The van der Waals surface area contributed by atoms with Gasteiger partial charge in [-0.25, -0.2) is 0 Å². The summed E-state index contributed by atoms with van der Waals surface area (Å²) in [5, 5.41) is 3.14. The van der Waals surface area contributed by atoms with Crippen LogP contribution in [0.4, 0.5) is 0 Å². The average molecular weight is 365 g/mol. The minimum absolute atomic E-state index is 0.0324. The summed E-state index contributed by atoms with van der Waals surface area (Å²) in [6.07, 6.45) is 6.07. The van der Waals surface area contributed by atoms with Gasteiger partial charge in [0.05, 0.1) is 6.04 Å². The highest BCUT2D eigenvalue weighted by Crippen LogP contribution is 2.31. The number of carbonyl (C=O) groups is 1. The van der Waals surface area contributed by atoms with Gasteiger partial charge in [0.1, 0.15) is 13.2 Å². The molecule has 1 atom stereocenters. The topological polar surface area (TPSA) is 47.6 Å². The van der Waals surface area contributed by atoms with Crippen molar-refractivity contribution in [2.75, 3.05) is 13.2 Å². The molecule has 0 radical (unpaired) electrons. The summed E-state index contributed by atoms with van der Waals surface area (Å²) < 4.78 is 11.2. The molecule has 27 heavy (non-hydrogen) atoms. The molecule has 4 nitrogen and oxygen atoms in total. The van der Waals surface area contributed by atoms with Crippen LogP contribution in [0.2, 0.25) is 0 Å². The van der Waals surface area contributed by atoms with Crippen molar-refractivity contribution in [3.05, 3.63) is 58.7 Å². The number of fused-ring (bicyclic) bond motifs is 2. The second kappa shape index (κ2) is 8.03. The van der Waals surface area contributed by atoms with E-state index in [4.69, 9.17) is 9.47 Å². The Hall–Kier alpha value is -2.49. The van der Waals surface area contributed by atoms with Gasteiger partial charge in [0.25, 0.3) is 0 Å². The fourth-order valence-corrected chi connectivity index (χ4v) is 3.92. The minimum atomic E-state index is 0.0324. The lowest BCUT2D eigenvalue weighted by Crippen LogP contribution is -2.27. The Bertz CT molecular complexity index is 830. The van der Waals surface area contributed by atoms with Crippen LogP contribution in [-0.2, 0) is 24.1 Å². The average Bonchev–Trinajstić information content (AvgIpc) is 2.71. The molecule has 1 unspecified atom stereocenters. The molecule has 2 aromatic carbocycles. The van der Waals surface area contributed by atoms with Crippen molar-refractivity contribution in [3.63, 3.8) is 0 Å². The number of aryl methyl sites for hydroxylation is 3. The number of carbonyl (C=O) groups excluding carboxylic acids is 1. The third-order valence-corrected chi connectivity index (χ3v) is 5.50. The number of ether oxygens (including phenoxy) is 2. The number of rotatable bonds is 5. The summed E-state index contributed by atoms with van der Waals surface area (Å²) in [4.78, 5) is 12.4. The van der Waals surface area contributed by atoms with Crippen molar-refractivity contribution in [2.45, 2.75) is 51.5 Å². The van der Waals surface area contributed by atoms with Crippen LogP contribution in [0.15, 0.2) is 36.4 Å². The van der Waals surface area contributed by atoms with Crippen LogP contribution < -0.4 is 14.8 Å². The molecular formula is C23H27NO3. The zero-order chi connectivity index (χ0) is 18.6. The first-order chi connectivity index (χ1) is 13.2. The Labute approximate surface area is 160 Å². The molecule has 1 amide bonds. The molecule has 1 aliphatic heterocycles. The summed E-state index contributed by atoms with van der Waals surface area (Å²) in [5.41, 5.74) is 5.22. The van der Waals surface area contributed by atoms with Crippen LogP contribution in [0, 0.1) is 0 Å². The maximum Gasteiger partial charge on any atom is 0.220 e. The van der Waals surface area contributed by atoms with Crippen molar-refractivity contribution in [2.24, 2.45) is 0 Å². The number of benzene rings is 2. The van der Waals surface area contributed by atoms with E-state index in [1.165, 1.54) is 36.0 Å². The van der Waals surface area contributed by atoms with Crippen molar-refractivity contribution in [1.82, 2.24) is 5.32 Å². The monoisotopic (exact) mass is 365 g/mol. The summed E-state index contributed by atoms with van der Waals surface area (Å²) in [7, 11) is 0. The molecule has 1 heterocycles. The standard InChI is InChI=1S/C23H27NO3/c1-16(19-9-8-18-4-2-3-5-20(18)15-19)24-23(25)11-7-17-6-10-21-22(14-17)27-13-12-26-21/h6,8-10,14-16H,2-5,7,11-13H2,1H3,(H,24,25). The van der Waals surface area contributed by atoms with Crippen molar-refractivity contribution < 1.29 is 14.3 Å². The molecule has 2 aromatic rings. The molecule has 0 saturated heterocycles. The van der Waals surface area contributed by atoms with E-state index in [9.17, 15) is 4.79 Å². The number of hydrogen-bond donors (Lipinski definition) is 1. The highest BCUT2D eigenvalue weighted by Gasteiger charge is 2.15. The number of hydrogen-bond acceptors (Lipinski definition) is 3. The van der Waals surface area contributed by atoms with Crippen LogP contribution in [0.5, 0.6) is 11.5 Å². The van der Waals surface area contributed by atoms with Gasteiger partial charge in [-0.15, -0.1) is 0 Å². The lowest BCUT2D eigenvalue weighted by atomic mass is 9.89. The summed E-state index contributed by atoms with van der Waals surface area (Å²) in [6, 6.07) is 12.6. The van der Waals surface area contributed by atoms with Gasteiger partial charge in [-0.1, -0.05) is 24.3 Å². The van der Waals surface area contributed by atoms with Crippen LogP contribution in [0.25, 0.3) is 0 Å². The van der Waals surface area contributed by atoms with E-state index in [1.54, 1.807) is 0 Å². The molecule has 4 heteroatoms. The fourth-order valence-electron chi connectivity index (χ4n) is 3.92. The first kappa shape index (κ1) is 17.9. The maximum absolute atomic E-state index is 12.4. The van der Waals surface area contributed by atoms with Crippen LogP contribution in [0.3, 0.4) is 0 Å². The van der Waals surface area contributed by atoms with Gasteiger partial charge in [-0.2, -0.15) is 0 Å². The first-order valence-corrected chi connectivity index (χ1v) is 9.98. The third kappa shape index (κ3) is 4.26. The van der Waals surface area contributed by atoms with Crippen LogP contribution in [0.1, 0.15) is 54.5 Å². The Morgan fingerprint density at radius 3 is 2.63 bits per heavy atom. The molecule has 4 rings (SSSR count). The SMILES string of the molecule is CC(NC(=O)CCc1ccc2c(c1)OCCO2)c1ccc2c(c1)CCCC2. The van der Waals surface area contributed by atoms with Gasteiger partial charge < -0.3 is 14.8 Å². The molecule has 142 valence electrons. The lowest BCUT2D eigenvalue weighted by molar-refractivity contribution is -0.121. The van der Waals surface area contributed by atoms with Crippen LogP contribution in [-0.4, -0.2) is 19.1 Å². The zero-order valence-electron chi connectivity index (χ0n) is 15.9. The maximum atomic E-state index is 12.4. The molecule has 0 saturated carbocycles. The van der Waals surface area contributed by atoms with Crippen molar-refractivity contribution in [1.29, 1.82) is 0 Å². The van der Waals surface area contributed by atoms with E-state index in [0.29, 0.717) is 26.1 Å². The van der Waals surface area contributed by atoms with Gasteiger partial charge in [0, 0.05) is 6.42 Å². The van der Waals surface area contributed by atoms with E-state index < -0.39 is 0 Å². The summed E-state index contributed by atoms with van der Waals surface area (Å²) in [5.74, 6) is 1.65. The Kier molecular flexibility index (Phi) is 5.33. The molecule has 0 aromatic heterocycles. The molecular weight excluding hydrogens is 338 g/mol. The van der Waals surface area contributed by atoms with E-state index in [2.05, 4.69) is 30.4 Å². The predicted octanol–water partition coefficient (Wildman–Crippen LogP) is 4.15. The van der Waals surface area contributed by atoms with Gasteiger partial charge in [-0.05, 0) is 73.4 Å². The van der Waals surface area contributed by atoms with E-state index in [0.717, 1.165) is 23.5 Å². The summed E-state index contributed by atoms with van der Waals surface area (Å²) >= 11 is 0. The largest absolute Gasteiger partial charge is 0.486 e. The van der Waals surface area contributed by atoms with Gasteiger partial charge >= 0.3 is 0 Å². The second-order valence-corrected chi connectivity index (χ2v) is 7.50.